The molecule has 3 nitrogen and oxygen atoms in total. The minimum Gasteiger partial charge on any atom is -0.393 e. The Kier molecular flexibility index (Phi) is 5.07. The lowest BCUT2D eigenvalue weighted by atomic mass is 10.1. The molecule has 1 unspecified atom stereocenters. The summed E-state index contributed by atoms with van der Waals surface area (Å²) in [6.45, 7) is 3.34. The molecule has 0 rings (SSSR count). The van der Waals surface area contributed by atoms with Gasteiger partial charge in [0.2, 0.25) is 0 Å². The molecule has 11 heavy (non-hydrogen) atoms. The highest BCUT2D eigenvalue weighted by Gasteiger charge is 2.10. The zero-order chi connectivity index (χ0) is 8.85. The standard InChI is InChI=1S/C8H16O3/c1-6(9)4-8(10)5-7(2)11-3/h7-8,10H,4-5H2,1-3H3/t7?,8-/m1/s1. The van der Waals surface area contributed by atoms with Crippen molar-refractivity contribution >= 4 is 5.78 Å². The van der Waals surface area contributed by atoms with Crippen molar-refractivity contribution in [2.45, 2.75) is 38.9 Å². The molecule has 0 aliphatic heterocycles. The number of hydrogen-bond acceptors (Lipinski definition) is 3. The average Bonchev–Trinajstić information content (AvgIpc) is 1.85. The lowest BCUT2D eigenvalue weighted by Gasteiger charge is -2.13. The van der Waals surface area contributed by atoms with Crippen molar-refractivity contribution in [1.29, 1.82) is 0 Å². The van der Waals surface area contributed by atoms with E-state index < -0.39 is 6.10 Å². The fourth-order valence-electron chi connectivity index (χ4n) is 0.895. The molecule has 3 heteroatoms. The number of hydrogen-bond donors (Lipinski definition) is 1. The molecular formula is C8H16O3. The van der Waals surface area contributed by atoms with Crippen LogP contribution in [0.15, 0.2) is 0 Å². The first kappa shape index (κ1) is 10.6. The van der Waals surface area contributed by atoms with E-state index in [0.717, 1.165) is 0 Å². The second-order valence-corrected chi connectivity index (χ2v) is 2.84. The molecule has 0 aromatic rings. The third kappa shape index (κ3) is 6.01. The Bertz CT molecular complexity index is 123. The first-order valence-electron chi connectivity index (χ1n) is 3.76. The van der Waals surface area contributed by atoms with Crippen LogP contribution < -0.4 is 0 Å². The lowest BCUT2D eigenvalue weighted by Crippen LogP contribution is -2.18. The summed E-state index contributed by atoms with van der Waals surface area (Å²) in [4.78, 5) is 10.5. The summed E-state index contributed by atoms with van der Waals surface area (Å²) in [6.07, 6.45) is 0.218. The number of ether oxygens (including phenoxy) is 1. The Labute approximate surface area is 67.4 Å². The number of carbonyl (C=O) groups is 1. The molecule has 0 saturated heterocycles. The quantitative estimate of drug-likeness (QED) is 0.645. The number of aliphatic hydroxyl groups is 1. The predicted molar refractivity (Wildman–Crippen MR) is 42.4 cm³/mol. The van der Waals surface area contributed by atoms with Crippen LogP contribution in [0.3, 0.4) is 0 Å². The van der Waals surface area contributed by atoms with Crippen molar-refractivity contribution in [1.82, 2.24) is 0 Å². The summed E-state index contributed by atoms with van der Waals surface area (Å²) >= 11 is 0. The van der Waals surface area contributed by atoms with Crippen molar-refractivity contribution < 1.29 is 14.6 Å². The van der Waals surface area contributed by atoms with Crippen LogP contribution in [0.4, 0.5) is 0 Å². The second kappa shape index (κ2) is 5.27. The maximum absolute atomic E-state index is 10.5. The van der Waals surface area contributed by atoms with Crippen LogP contribution in [0, 0.1) is 0 Å². The number of ketones is 1. The van der Waals surface area contributed by atoms with Gasteiger partial charge in [0, 0.05) is 13.5 Å². The molecule has 2 atom stereocenters. The fraction of sp³-hybridized carbons (Fsp3) is 0.875. The number of carbonyl (C=O) groups excluding carboxylic acids is 1. The largest absolute Gasteiger partial charge is 0.393 e. The second-order valence-electron chi connectivity index (χ2n) is 2.84. The summed E-state index contributed by atoms with van der Waals surface area (Å²) in [7, 11) is 1.59. The lowest BCUT2D eigenvalue weighted by molar-refractivity contribution is -0.119. The monoisotopic (exact) mass is 160 g/mol. The molecule has 0 bridgehead atoms. The first-order chi connectivity index (χ1) is 5.06. The van der Waals surface area contributed by atoms with E-state index in [-0.39, 0.29) is 18.3 Å². The van der Waals surface area contributed by atoms with Gasteiger partial charge in [0.15, 0.2) is 0 Å². The average molecular weight is 160 g/mol. The maximum atomic E-state index is 10.5. The summed E-state index contributed by atoms with van der Waals surface area (Å²) in [5.41, 5.74) is 0. The molecule has 0 saturated carbocycles. The molecule has 0 spiro atoms. The first-order valence-corrected chi connectivity index (χ1v) is 3.76. The van der Waals surface area contributed by atoms with E-state index >= 15 is 0 Å². The van der Waals surface area contributed by atoms with Gasteiger partial charge in [-0.25, -0.2) is 0 Å². The third-order valence-corrected chi connectivity index (χ3v) is 1.53. The van der Waals surface area contributed by atoms with Gasteiger partial charge in [-0.3, -0.25) is 4.79 Å². The topological polar surface area (TPSA) is 46.5 Å². The Morgan fingerprint density at radius 2 is 2.18 bits per heavy atom. The summed E-state index contributed by atoms with van der Waals surface area (Å²) in [5.74, 6) is 0.0146. The Balaban J connectivity index is 3.51. The van der Waals surface area contributed by atoms with Crippen LogP contribution in [-0.2, 0) is 9.53 Å². The van der Waals surface area contributed by atoms with Gasteiger partial charge < -0.3 is 9.84 Å². The van der Waals surface area contributed by atoms with E-state index in [1.165, 1.54) is 6.92 Å². The van der Waals surface area contributed by atoms with E-state index in [1.54, 1.807) is 7.11 Å². The summed E-state index contributed by atoms with van der Waals surface area (Å²) < 4.78 is 4.93. The number of rotatable bonds is 5. The molecule has 0 fully saturated rings. The molecule has 0 radical (unpaired) electrons. The highest BCUT2D eigenvalue weighted by molar-refractivity contribution is 5.75. The summed E-state index contributed by atoms with van der Waals surface area (Å²) in [5, 5.41) is 9.22. The van der Waals surface area contributed by atoms with Crippen LogP contribution in [0.1, 0.15) is 26.7 Å². The van der Waals surface area contributed by atoms with E-state index in [2.05, 4.69) is 0 Å². The van der Waals surface area contributed by atoms with Crippen LogP contribution in [0.5, 0.6) is 0 Å². The Hall–Kier alpha value is -0.410. The van der Waals surface area contributed by atoms with Crippen molar-refractivity contribution in [2.24, 2.45) is 0 Å². The number of methoxy groups -OCH3 is 1. The zero-order valence-corrected chi connectivity index (χ0v) is 7.33. The van der Waals surface area contributed by atoms with Gasteiger partial charge >= 0.3 is 0 Å². The predicted octanol–water partition coefficient (Wildman–Crippen LogP) is 0.751. The van der Waals surface area contributed by atoms with Crippen LogP contribution in [-0.4, -0.2) is 30.2 Å². The van der Waals surface area contributed by atoms with Gasteiger partial charge in [0.05, 0.1) is 12.2 Å². The van der Waals surface area contributed by atoms with Gasteiger partial charge in [-0.05, 0) is 20.3 Å². The fourth-order valence-corrected chi connectivity index (χ4v) is 0.895. The number of Topliss-reactive ketones (excluding diaryl/α,β-unsaturated/α-hetero) is 1. The van der Waals surface area contributed by atoms with Crippen molar-refractivity contribution in [3.05, 3.63) is 0 Å². The van der Waals surface area contributed by atoms with Gasteiger partial charge in [-0.1, -0.05) is 0 Å². The van der Waals surface area contributed by atoms with Crippen LogP contribution in [0.25, 0.3) is 0 Å². The smallest absolute Gasteiger partial charge is 0.132 e. The molecule has 66 valence electrons. The molecule has 0 aliphatic rings. The minimum atomic E-state index is -0.553. The minimum absolute atomic E-state index is 0.0146. The van der Waals surface area contributed by atoms with Gasteiger partial charge in [-0.2, -0.15) is 0 Å². The Morgan fingerprint density at radius 1 is 1.64 bits per heavy atom. The van der Waals surface area contributed by atoms with Gasteiger partial charge in [-0.15, -0.1) is 0 Å². The van der Waals surface area contributed by atoms with Crippen LogP contribution >= 0.6 is 0 Å². The van der Waals surface area contributed by atoms with E-state index in [4.69, 9.17) is 4.74 Å². The number of aliphatic hydroxyl groups excluding tert-OH is 1. The highest BCUT2D eigenvalue weighted by Crippen LogP contribution is 2.04. The molecule has 0 aromatic heterocycles. The molecule has 1 N–H and O–H groups in total. The van der Waals surface area contributed by atoms with Crippen molar-refractivity contribution in [3.8, 4) is 0 Å². The third-order valence-electron chi connectivity index (χ3n) is 1.53. The van der Waals surface area contributed by atoms with E-state index in [1.807, 2.05) is 6.92 Å². The molecule has 0 aliphatic carbocycles. The van der Waals surface area contributed by atoms with Crippen LogP contribution in [0.2, 0.25) is 0 Å². The normalized spacial score (nSPS) is 16.0. The van der Waals surface area contributed by atoms with Crippen molar-refractivity contribution in [3.63, 3.8) is 0 Å². The van der Waals surface area contributed by atoms with E-state index in [0.29, 0.717) is 6.42 Å². The highest BCUT2D eigenvalue weighted by atomic mass is 16.5. The Morgan fingerprint density at radius 3 is 2.55 bits per heavy atom. The SMILES string of the molecule is COC(C)C[C@H](O)CC(C)=O. The molecular weight excluding hydrogens is 144 g/mol. The molecule has 0 aromatic carbocycles. The van der Waals surface area contributed by atoms with Gasteiger partial charge in [0.1, 0.15) is 5.78 Å². The molecule has 0 amide bonds. The summed E-state index contributed by atoms with van der Waals surface area (Å²) in [6, 6.07) is 0. The zero-order valence-electron chi connectivity index (χ0n) is 7.33. The molecule has 0 heterocycles. The van der Waals surface area contributed by atoms with E-state index in [9.17, 15) is 9.90 Å². The van der Waals surface area contributed by atoms with Gasteiger partial charge in [0.25, 0.3) is 0 Å². The maximum Gasteiger partial charge on any atom is 0.132 e. The van der Waals surface area contributed by atoms with Crippen molar-refractivity contribution in [2.75, 3.05) is 7.11 Å².